The SMILES string of the molecule is CCCCC(=O)NS(=O)(=O)/C=C/c1ccc(F)cc1. The Labute approximate surface area is 112 Å². The van der Waals surface area contributed by atoms with E-state index in [2.05, 4.69) is 0 Å². The second-order valence-electron chi connectivity index (χ2n) is 4.03. The molecule has 4 nitrogen and oxygen atoms in total. The molecule has 0 aliphatic heterocycles. The zero-order chi connectivity index (χ0) is 14.3. The standard InChI is InChI=1S/C13H16FNO3S/c1-2-3-4-13(16)15-19(17,18)10-9-11-5-7-12(14)8-6-11/h5-10H,2-4H2,1H3,(H,15,16)/b10-9+. The van der Waals surface area contributed by atoms with Gasteiger partial charge in [0.2, 0.25) is 5.91 Å². The van der Waals surface area contributed by atoms with Crippen molar-refractivity contribution in [1.29, 1.82) is 0 Å². The summed E-state index contributed by atoms with van der Waals surface area (Å²) in [6.07, 6.45) is 2.94. The summed E-state index contributed by atoms with van der Waals surface area (Å²) < 4.78 is 37.7. The zero-order valence-electron chi connectivity index (χ0n) is 10.6. The van der Waals surface area contributed by atoms with Gasteiger partial charge in [0.25, 0.3) is 10.0 Å². The van der Waals surface area contributed by atoms with E-state index in [0.29, 0.717) is 12.0 Å². The molecule has 1 amide bonds. The van der Waals surface area contributed by atoms with Crippen LogP contribution in [0.3, 0.4) is 0 Å². The lowest BCUT2D eigenvalue weighted by molar-refractivity contribution is -0.119. The van der Waals surface area contributed by atoms with Crippen LogP contribution in [-0.4, -0.2) is 14.3 Å². The maximum atomic E-state index is 12.7. The number of amides is 1. The van der Waals surface area contributed by atoms with E-state index in [9.17, 15) is 17.6 Å². The number of carbonyl (C=O) groups excluding carboxylic acids is 1. The highest BCUT2D eigenvalue weighted by molar-refractivity contribution is 7.93. The molecule has 19 heavy (non-hydrogen) atoms. The van der Waals surface area contributed by atoms with Gasteiger partial charge in [-0.25, -0.2) is 17.5 Å². The van der Waals surface area contributed by atoms with Crippen LogP contribution in [0, 0.1) is 5.82 Å². The molecular weight excluding hydrogens is 269 g/mol. The van der Waals surface area contributed by atoms with Crippen LogP contribution in [0.5, 0.6) is 0 Å². The van der Waals surface area contributed by atoms with E-state index in [1.54, 1.807) is 0 Å². The molecule has 104 valence electrons. The summed E-state index contributed by atoms with van der Waals surface area (Å²) in [5, 5.41) is 0.893. The average Bonchev–Trinajstić information content (AvgIpc) is 2.35. The number of unbranched alkanes of at least 4 members (excludes halogenated alkanes) is 1. The number of hydrogen-bond acceptors (Lipinski definition) is 3. The van der Waals surface area contributed by atoms with Crippen LogP contribution >= 0.6 is 0 Å². The second-order valence-corrected chi connectivity index (χ2v) is 5.59. The zero-order valence-corrected chi connectivity index (χ0v) is 11.4. The largest absolute Gasteiger partial charge is 0.274 e. The number of halogens is 1. The average molecular weight is 285 g/mol. The van der Waals surface area contributed by atoms with Gasteiger partial charge >= 0.3 is 0 Å². The third kappa shape index (κ3) is 6.15. The minimum Gasteiger partial charge on any atom is -0.274 e. The van der Waals surface area contributed by atoms with Gasteiger partial charge in [-0.3, -0.25) is 4.79 Å². The van der Waals surface area contributed by atoms with Crippen molar-refractivity contribution in [3.05, 3.63) is 41.1 Å². The number of sulfonamides is 1. The van der Waals surface area contributed by atoms with Crippen molar-refractivity contribution < 1.29 is 17.6 Å². The minimum atomic E-state index is -3.79. The Bertz CT molecular complexity index is 550. The Kier molecular flexibility index (Phi) is 5.69. The van der Waals surface area contributed by atoms with Gasteiger partial charge in [0.05, 0.1) is 5.41 Å². The molecule has 0 fully saturated rings. The summed E-state index contributed by atoms with van der Waals surface area (Å²) >= 11 is 0. The van der Waals surface area contributed by atoms with Crippen LogP contribution in [-0.2, 0) is 14.8 Å². The van der Waals surface area contributed by atoms with E-state index in [4.69, 9.17) is 0 Å². The number of rotatable bonds is 6. The molecule has 1 rings (SSSR count). The first-order chi connectivity index (χ1) is 8.93. The highest BCUT2D eigenvalue weighted by atomic mass is 32.2. The van der Waals surface area contributed by atoms with Gasteiger partial charge in [-0.05, 0) is 30.2 Å². The molecule has 0 bridgehead atoms. The molecule has 0 heterocycles. The van der Waals surface area contributed by atoms with E-state index in [1.807, 2.05) is 11.6 Å². The molecule has 1 N–H and O–H groups in total. The summed E-state index contributed by atoms with van der Waals surface area (Å²) in [7, 11) is -3.79. The Morgan fingerprint density at radius 1 is 1.32 bits per heavy atom. The summed E-state index contributed by atoms with van der Waals surface area (Å²) in [4.78, 5) is 11.3. The fraction of sp³-hybridized carbons (Fsp3) is 0.308. The highest BCUT2D eigenvalue weighted by Gasteiger charge is 2.10. The van der Waals surface area contributed by atoms with Gasteiger partial charge in [-0.2, -0.15) is 0 Å². The lowest BCUT2D eigenvalue weighted by Gasteiger charge is -2.02. The van der Waals surface area contributed by atoms with Gasteiger partial charge < -0.3 is 0 Å². The quantitative estimate of drug-likeness (QED) is 0.873. The molecule has 0 aromatic heterocycles. The number of hydrogen-bond donors (Lipinski definition) is 1. The fourth-order valence-corrected chi connectivity index (χ4v) is 2.15. The molecular formula is C13H16FNO3S. The monoisotopic (exact) mass is 285 g/mol. The van der Waals surface area contributed by atoms with Crippen LogP contribution < -0.4 is 4.72 Å². The number of benzene rings is 1. The van der Waals surface area contributed by atoms with Crippen molar-refractivity contribution in [3.63, 3.8) is 0 Å². The highest BCUT2D eigenvalue weighted by Crippen LogP contribution is 2.06. The Morgan fingerprint density at radius 3 is 2.53 bits per heavy atom. The molecule has 1 aromatic carbocycles. The molecule has 0 aliphatic carbocycles. The van der Waals surface area contributed by atoms with Crippen molar-refractivity contribution in [3.8, 4) is 0 Å². The van der Waals surface area contributed by atoms with Crippen LogP contribution in [0.4, 0.5) is 4.39 Å². The van der Waals surface area contributed by atoms with Crippen LogP contribution in [0.25, 0.3) is 6.08 Å². The number of nitrogens with one attached hydrogen (secondary N) is 1. The third-order valence-corrected chi connectivity index (χ3v) is 3.33. The van der Waals surface area contributed by atoms with E-state index >= 15 is 0 Å². The first kappa shape index (κ1) is 15.4. The minimum absolute atomic E-state index is 0.181. The smallest absolute Gasteiger partial charge is 0.257 e. The molecule has 0 unspecified atom stereocenters. The fourth-order valence-electron chi connectivity index (χ4n) is 1.32. The Hall–Kier alpha value is -1.69. The summed E-state index contributed by atoms with van der Waals surface area (Å²) in [5.41, 5.74) is 0.535. The van der Waals surface area contributed by atoms with Crippen LogP contribution in [0.2, 0.25) is 0 Å². The van der Waals surface area contributed by atoms with Crippen LogP contribution in [0.15, 0.2) is 29.7 Å². The third-order valence-electron chi connectivity index (χ3n) is 2.32. The topological polar surface area (TPSA) is 63.2 Å². The van der Waals surface area contributed by atoms with Crippen molar-refractivity contribution >= 4 is 22.0 Å². The van der Waals surface area contributed by atoms with Crippen molar-refractivity contribution in [2.24, 2.45) is 0 Å². The van der Waals surface area contributed by atoms with Gasteiger partial charge in [-0.15, -0.1) is 0 Å². The predicted octanol–water partition coefficient (Wildman–Crippen LogP) is 2.43. The molecule has 6 heteroatoms. The van der Waals surface area contributed by atoms with Crippen molar-refractivity contribution in [2.45, 2.75) is 26.2 Å². The summed E-state index contributed by atoms with van der Waals surface area (Å²) in [5.74, 6) is -0.918. The van der Waals surface area contributed by atoms with Gasteiger partial charge in [-0.1, -0.05) is 25.5 Å². The van der Waals surface area contributed by atoms with Gasteiger partial charge in [0, 0.05) is 6.42 Å². The lowest BCUT2D eigenvalue weighted by atomic mass is 10.2. The number of carbonyl (C=O) groups is 1. The molecule has 0 saturated carbocycles. The predicted molar refractivity (Wildman–Crippen MR) is 72.0 cm³/mol. The van der Waals surface area contributed by atoms with Crippen LogP contribution in [0.1, 0.15) is 31.7 Å². The lowest BCUT2D eigenvalue weighted by Crippen LogP contribution is -2.28. The van der Waals surface area contributed by atoms with Gasteiger partial charge in [0.1, 0.15) is 5.82 Å². The summed E-state index contributed by atoms with van der Waals surface area (Å²) in [6, 6.07) is 5.35. The molecule has 0 aliphatic rings. The van der Waals surface area contributed by atoms with E-state index in [1.165, 1.54) is 30.3 Å². The molecule has 0 atom stereocenters. The second kappa shape index (κ2) is 7.04. The van der Waals surface area contributed by atoms with Crippen molar-refractivity contribution in [2.75, 3.05) is 0 Å². The van der Waals surface area contributed by atoms with Gasteiger partial charge in [0.15, 0.2) is 0 Å². The first-order valence-electron chi connectivity index (χ1n) is 5.92. The Balaban J connectivity index is 2.63. The molecule has 1 aromatic rings. The molecule has 0 spiro atoms. The molecule has 0 saturated heterocycles. The van der Waals surface area contributed by atoms with E-state index in [-0.39, 0.29) is 6.42 Å². The van der Waals surface area contributed by atoms with E-state index in [0.717, 1.165) is 11.8 Å². The Morgan fingerprint density at radius 2 is 1.95 bits per heavy atom. The normalized spacial score (nSPS) is 11.7. The summed E-state index contributed by atoms with van der Waals surface area (Å²) in [6.45, 7) is 1.91. The van der Waals surface area contributed by atoms with E-state index < -0.39 is 21.7 Å². The maximum absolute atomic E-state index is 12.7. The van der Waals surface area contributed by atoms with Crippen molar-refractivity contribution in [1.82, 2.24) is 4.72 Å². The molecule has 0 radical (unpaired) electrons. The maximum Gasteiger partial charge on any atom is 0.257 e. The first-order valence-corrected chi connectivity index (χ1v) is 7.47.